The lowest BCUT2D eigenvalue weighted by Gasteiger charge is -2.19. The summed E-state index contributed by atoms with van der Waals surface area (Å²) in [7, 11) is 0. The highest BCUT2D eigenvalue weighted by Crippen LogP contribution is 2.18. The molecular formula is C14H19N3O3. The summed E-state index contributed by atoms with van der Waals surface area (Å²) in [4.78, 5) is 17.9. The van der Waals surface area contributed by atoms with Crippen molar-refractivity contribution in [2.24, 2.45) is 0 Å². The number of aliphatic hydroxyl groups is 1. The number of hydrogen-bond acceptors (Lipinski definition) is 4. The van der Waals surface area contributed by atoms with Gasteiger partial charge in [-0.2, -0.15) is 0 Å². The van der Waals surface area contributed by atoms with Crippen LogP contribution in [-0.2, 0) is 4.79 Å². The average Bonchev–Trinajstić information content (AvgIpc) is 2.82. The molecule has 0 spiro atoms. The van der Waals surface area contributed by atoms with E-state index in [4.69, 9.17) is 9.84 Å². The van der Waals surface area contributed by atoms with Crippen LogP contribution in [0.4, 0.5) is 0 Å². The molecule has 1 amide bonds. The van der Waals surface area contributed by atoms with Crippen molar-refractivity contribution in [2.75, 3.05) is 26.3 Å². The van der Waals surface area contributed by atoms with Gasteiger partial charge >= 0.3 is 0 Å². The lowest BCUT2D eigenvalue weighted by atomic mass is 10.4. The van der Waals surface area contributed by atoms with Crippen LogP contribution in [0.1, 0.15) is 12.6 Å². The van der Waals surface area contributed by atoms with E-state index in [9.17, 15) is 4.79 Å². The Hall–Kier alpha value is -2.08. The van der Waals surface area contributed by atoms with Crippen molar-refractivity contribution in [1.29, 1.82) is 0 Å². The van der Waals surface area contributed by atoms with Crippen LogP contribution in [0.2, 0.25) is 0 Å². The highest BCUT2D eigenvalue weighted by Gasteiger charge is 2.13. The summed E-state index contributed by atoms with van der Waals surface area (Å²) in [6.45, 7) is 4.54. The number of imidazole rings is 1. The third kappa shape index (κ3) is 3.08. The molecule has 0 saturated heterocycles. The van der Waals surface area contributed by atoms with Crippen molar-refractivity contribution in [2.45, 2.75) is 13.8 Å². The Morgan fingerprint density at radius 1 is 1.55 bits per heavy atom. The number of amides is 1. The van der Waals surface area contributed by atoms with E-state index in [1.54, 1.807) is 11.0 Å². The number of aliphatic hydroxyl groups excluding tert-OH is 1. The van der Waals surface area contributed by atoms with Gasteiger partial charge in [0.1, 0.15) is 0 Å². The van der Waals surface area contributed by atoms with Crippen LogP contribution in [-0.4, -0.2) is 51.6 Å². The van der Waals surface area contributed by atoms with Crippen LogP contribution < -0.4 is 4.74 Å². The number of nitrogens with zero attached hydrogens (tertiary/aromatic N) is 3. The highest BCUT2D eigenvalue weighted by atomic mass is 16.5. The zero-order valence-electron chi connectivity index (χ0n) is 11.7. The molecule has 0 atom stereocenters. The van der Waals surface area contributed by atoms with Crippen LogP contribution in [0, 0.1) is 6.92 Å². The molecule has 0 saturated carbocycles. The van der Waals surface area contributed by atoms with E-state index >= 15 is 0 Å². The fraction of sp³-hybridized carbons (Fsp3) is 0.429. The minimum atomic E-state index is -0.146. The quantitative estimate of drug-likeness (QED) is 0.850. The fourth-order valence-corrected chi connectivity index (χ4v) is 2.03. The third-order valence-corrected chi connectivity index (χ3v) is 3.02. The Labute approximate surface area is 117 Å². The van der Waals surface area contributed by atoms with Crippen molar-refractivity contribution < 1.29 is 14.6 Å². The minimum Gasteiger partial charge on any atom is -0.480 e. The molecule has 6 nitrogen and oxygen atoms in total. The molecule has 0 bridgehead atoms. The summed E-state index contributed by atoms with van der Waals surface area (Å²) < 4.78 is 7.43. The maximum Gasteiger partial charge on any atom is 0.260 e. The topological polar surface area (TPSA) is 67.1 Å². The predicted molar refractivity (Wildman–Crippen MR) is 74.8 cm³/mol. The monoisotopic (exact) mass is 277 g/mol. The van der Waals surface area contributed by atoms with Gasteiger partial charge in [0.05, 0.1) is 12.3 Å². The highest BCUT2D eigenvalue weighted by molar-refractivity contribution is 5.78. The van der Waals surface area contributed by atoms with E-state index < -0.39 is 0 Å². The first-order valence-corrected chi connectivity index (χ1v) is 6.61. The maximum absolute atomic E-state index is 11.9. The van der Waals surface area contributed by atoms with E-state index in [1.807, 2.05) is 36.7 Å². The van der Waals surface area contributed by atoms with Gasteiger partial charge in [-0.05, 0) is 26.0 Å². The second-order valence-electron chi connectivity index (χ2n) is 4.47. The zero-order valence-corrected chi connectivity index (χ0v) is 11.7. The van der Waals surface area contributed by atoms with Crippen LogP contribution in [0.15, 0.2) is 24.5 Å². The Morgan fingerprint density at radius 2 is 2.35 bits per heavy atom. The maximum atomic E-state index is 11.9. The first-order valence-electron chi connectivity index (χ1n) is 6.61. The molecule has 0 aliphatic carbocycles. The van der Waals surface area contributed by atoms with Gasteiger partial charge in [-0.3, -0.25) is 4.79 Å². The standard InChI is InChI=1S/C14H19N3O3/c1-3-16(7-8-18)13(19)10-20-12-5-4-6-17-9-11(2)15-14(12)17/h4-6,9,18H,3,7-8,10H2,1-2H3. The van der Waals surface area contributed by atoms with E-state index in [0.717, 1.165) is 5.69 Å². The Morgan fingerprint density at radius 3 is 3.05 bits per heavy atom. The van der Waals surface area contributed by atoms with Gasteiger partial charge in [-0.15, -0.1) is 0 Å². The molecule has 0 radical (unpaired) electrons. The number of aromatic nitrogens is 2. The molecule has 6 heteroatoms. The second kappa shape index (κ2) is 6.38. The number of carbonyl (C=O) groups is 1. The minimum absolute atomic E-state index is 0.0470. The number of hydrogen-bond donors (Lipinski definition) is 1. The van der Waals surface area contributed by atoms with Gasteiger partial charge in [-0.1, -0.05) is 0 Å². The molecule has 2 heterocycles. The largest absolute Gasteiger partial charge is 0.480 e. The van der Waals surface area contributed by atoms with Gasteiger partial charge in [0, 0.05) is 25.5 Å². The molecule has 0 aromatic carbocycles. The van der Waals surface area contributed by atoms with Crippen LogP contribution >= 0.6 is 0 Å². The number of likely N-dealkylation sites (N-methyl/N-ethyl adjacent to an activating group) is 1. The first kappa shape index (κ1) is 14.3. The van der Waals surface area contributed by atoms with Crippen molar-refractivity contribution in [3.05, 3.63) is 30.2 Å². The Bertz CT molecular complexity index is 594. The number of aryl methyl sites for hydroxylation is 1. The molecule has 0 fully saturated rings. The number of ether oxygens (including phenoxy) is 1. The van der Waals surface area contributed by atoms with Crippen LogP contribution in [0.3, 0.4) is 0 Å². The molecule has 2 aromatic rings. The smallest absolute Gasteiger partial charge is 0.260 e. The summed E-state index contributed by atoms with van der Waals surface area (Å²) >= 11 is 0. The van der Waals surface area contributed by atoms with E-state index in [-0.39, 0.29) is 19.1 Å². The lowest BCUT2D eigenvalue weighted by molar-refractivity contribution is -0.133. The molecule has 20 heavy (non-hydrogen) atoms. The molecule has 108 valence electrons. The Kier molecular flexibility index (Phi) is 4.57. The summed E-state index contributed by atoms with van der Waals surface area (Å²) in [5.41, 5.74) is 1.59. The SMILES string of the molecule is CCN(CCO)C(=O)COc1cccn2cc(C)nc12. The Balaban J connectivity index is 2.07. The van der Waals surface area contributed by atoms with E-state index in [1.165, 1.54) is 0 Å². The van der Waals surface area contributed by atoms with E-state index in [0.29, 0.717) is 24.5 Å². The summed E-state index contributed by atoms with van der Waals surface area (Å²) in [5, 5.41) is 8.90. The fourth-order valence-electron chi connectivity index (χ4n) is 2.03. The van der Waals surface area contributed by atoms with Crippen molar-refractivity contribution >= 4 is 11.6 Å². The number of pyridine rings is 1. The van der Waals surface area contributed by atoms with Gasteiger partial charge in [0.25, 0.3) is 5.91 Å². The first-order chi connectivity index (χ1) is 9.65. The van der Waals surface area contributed by atoms with Gasteiger partial charge in [-0.25, -0.2) is 4.98 Å². The number of carbonyl (C=O) groups excluding carboxylic acids is 1. The van der Waals surface area contributed by atoms with Crippen LogP contribution in [0.25, 0.3) is 5.65 Å². The molecule has 2 aromatic heterocycles. The normalized spacial score (nSPS) is 10.8. The summed E-state index contributed by atoms with van der Waals surface area (Å²) in [5.74, 6) is 0.431. The van der Waals surface area contributed by atoms with E-state index in [2.05, 4.69) is 4.98 Å². The predicted octanol–water partition coefficient (Wildman–Crippen LogP) is 0.862. The van der Waals surface area contributed by atoms with Crippen molar-refractivity contribution in [3.63, 3.8) is 0 Å². The third-order valence-electron chi connectivity index (χ3n) is 3.02. The van der Waals surface area contributed by atoms with Crippen LogP contribution in [0.5, 0.6) is 5.75 Å². The molecule has 0 aliphatic heterocycles. The molecule has 0 aliphatic rings. The molecular weight excluding hydrogens is 258 g/mol. The summed E-state index contributed by atoms with van der Waals surface area (Å²) in [6, 6.07) is 3.64. The number of fused-ring (bicyclic) bond motifs is 1. The number of rotatable bonds is 6. The van der Waals surface area contributed by atoms with Gasteiger partial charge < -0.3 is 19.1 Å². The second-order valence-corrected chi connectivity index (χ2v) is 4.47. The molecule has 2 rings (SSSR count). The average molecular weight is 277 g/mol. The molecule has 0 unspecified atom stereocenters. The van der Waals surface area contributed by atoms with Crippen molar-refractivity contribution in [3.8, 4) is 5.75 Å². The zero-order chi connectivity index (χ0) is 14.5. The van der Waals surface area contributed by atoms with Gasteiger partial charge in [0.2, 0.25) is 0 Å². The lowest BCUT2D eigenvalue weighted by Crippen LogP contribution is -2.36. The van der Waals surface area contributed by atoms with Gasteiger partial charge in [0.15, 0.2) is 18.0 Å². The summed E-state index contributed by atoms with van der Waals surface area (Å²) in [6.07, 6.45) is 3.78. The van der Waals surface area contributed by atoms with Crippen molar-refractivity contribution in [1.82, 2.24) is 14.3 Å². The molecule has 1 N–H and O–H groups in total.